The zero-order chi connectivity index (χ0) is 14.8. The number of aliphatic hydroxyl groups is 1. The highest BCUT2D eigenvalue weighted by molar-refractivity contribution is 7.90. The third-order valence-electron chi connectivity index (χ3n) is 2.94. The second-order valence-electron chi connectivity index (χ2n) is 4.55. The molecule has 0 aliphatic carbocycles. The maximum absolute atomic E-state index is 11.6. The highest BCUT2D eigenvalue weighted by atomic mass is 32.2. The van der Waals surface area contributed by atoms with Crippen molar-refractivity contribution in [1.29, 1.82) is 0 Å². The fourth-order valence-corrected chi connectivity index (χ4v) is 2.66. The van der Waals surface area contributed by atoms with Crippen LogP contribution in [0.3, 0.4) is 0 Å². The fourth-order valence-electron chi connectivity index (χ4n) is 1.99. The summed E-state index contributed by atoms with van der Waals surface area (Å²) in [5.74, 6) is 1.05. The summed E-state index contributed by atoms with van der Waals surface area (Å²) in [4.78, 5) is 0.242. The predicted octanol–water partition coefficient (Wildman–Crippen LogP) is 1.25. The number of sulfone groups is 1. The standard InChI is InChI=1S/C13H17N3O3S/c1-3-7-16-12(9-17)14-15-13(16)10-5-4-6-11(8-10)20(2,18)19/h4-6,8,17H,3,7,9H2,1-2H3. The summed E-state index contributed by atoms with van der Waals surface area (Å²) in [6, 6.07) is 6.58. The largest absolute Gasteiger partial charge is 0.388 e. The van der Waals surface area contributed by atoms with Gasteiger partial charge in [-0.15, -0.1) is 10.2 Å². The first-order valence-corrected chi connectivity index (χ1v) is 8.20. The summed E-state index contributed by atoms with van der Waals surface area (Å²) in [6.07, 6.45) is 2.03. The van der Waals surface area contributed by atoms with E-state index in [2.05, 4.69) is 10.2 Å². The molecule has 0 aliphatic rings. The molecule has 0 saturated carbocycles. The van der Waals surface area contributed by atoms with Gasteiger partial charge in [-0.25, -0.2) is 8.42 Å². The normalized spacial score (nSPS) is 11.8. The number of rotatable bonds is 5. The van der Waals surface area contributed by atoms with E-state index < -0.39 is 9.84 Å². The Labute approximate surface area is 118 Å². The van der Waals surface area contributed by atoms with Crippen molar-refractivity contribution in [3.05, 3.63) is 30.1 Å². The molecule has 0 radical (unpaired) electrons. The maximum Gasteiger partial charge on any atom is 0.175 e. The van der Waals surface area contributed by atoms with Gasteiger partial charge in [0, 0.05) is 18.4 Å². The molecule has 0 saturated heterocycles. The van der Waals surface area contributed by atoms with E-state index in [1.807, 2.05) is 6.92 Å². The number of hydrogen-bond donors (Lipinski definition) is 1. The number of hydrogen-bond acceptors (Lipinski definition) is 5. The van der Waals surface area contributed by atoms with E-state index >= 15 is 0 Å². The maximum atomic E-state index is 11.6. The second-order valence-corrected chi connectivity index (χ2v) is 6.57. The van der Waals surface area contributed by atoms with E-state index in [0.29, 0.717) is 23.8 Å². The van der Waals surface area contributed by atoms with Gasteiger partial charge in [0.05, 0.1) is 4.90 Å². The van der Waals surface area contributed by atoms with Crippen LogP contribution in [0.4, 0.5) is 0 Å². The third-order valence-corrected chi connectivity index (χ3v) is 4.05. The molecular weight excluding hydrogens is 278 g/mol. The quantitative estimate of drug-likeness (QED) is 0.897. The first-order valence-electron chi connectivity index (χ1n) is 6.30. The summed E-state index contributed by atoms with van der Waals surface area (Å²) < 4.78 is 25.0. The zero-order valence-electron chi connectivity index (χ0n) is 11.4. The van der Waals surface area contributed by atoms with Gasteiger partial charge in [0.15, 0.2) is 21.5 Å². The molecule has 0 amide bonds. The molecule has 20 heavy (non-hydrogen) atoms. The topological polar surface area (TPSA) is 85.1 Å². The summed E-state index contributed by atoms with van der Waals surface area (Å²) in [5.41, 5.74) is 0.675. The summed E-state index contributed by atoms with van der Waals surface area (Å²) in [7, 11) is -3.26. The van der Waals surface area contributed by atoms with Crippen molar-refractivity contribution in [3.8, 4) is 11.4 Å². The minimum atomic E-state index is -3.26. The monoisotopic (exact) mass is 295 g/mol. The number of benzene rings is 1. The summed E-state index contributed by atoms with van der Waals surface area (Å²) >= 11 is 0. The highest BCUT2D eigenvalue weighted by Gasteiger charge is 2.15. The molecule has 1 N–H and O–H groups in total. The van der Waals surface area contributed by atoms with Crippen LogP contribution in [-0.2, 0) is 23.0 Å². The van der Waals surface area contributed by atoms with Gasteiger partial charge in [-0.2, -0.15) is 0 Å². The lowest BCUT2D eigenvalue weighted by Gasteiger charge is -2.08. The number of nitrogens with zero attached hydrogens (tertiary/aromatic N) is 3. The van der Waals surface area contributed by atoms with Gasteiger partial charge in [0.1, 0.15) is 6.61 Å². The fraction of sp³-hybridized carbons (Fsp3) is 0.385. The van der Waals surface area contributed by atoms with Crippen molar-refractivity contribution in [2.75, 3.05) is 6.26 Å². The second kappa shape index (κ2) is 5.72. The SMILES string of the molecule is CCCn1c(CO)nnc1-c1cccc(S(C)(=O)=O)c1. The Morgan fingerprint density at radius 1 is 1.30 bits per heavy atom. The lowest BCUT2D eigenvalue weighted by atomic mass is 10.2. The van der Waals surface area contributed by atoms with E-state index in [4.69, 9.17) is 0 Å². The van der Waals surface area contributed by atoms with Crippen molar-refractivity contribution in [1.82, 2.24) is 14.8 Å². The smallest absolute Gasteiger partial charge is 0.175 e. The molecule has 1 aromatic carbocycles. The van der Waals surface area contributed by atoms with Crippen LogP contribution in [0.2, 0.25) is 0 Å². The van der Waals surface area contributed by atoms with E-state index in [-0.39, 0.29) is 11.5 Å². The Kier molecular flexibility index (Phi) is 4.20. The van der Waals surface area contributed by atoms with Gasteiger partial charge in [-0.1, -0.05) is 19.1 Å². The summed E-state index contributed by atoms with van der Waals surface area (Å²) in [6.45, 7) is 2.48. The van der Waals surface area contributed by atoms with Gasteiger partial charge in [0.2, 0.25) is 0 Å². The van der Waals surface area contributed by atoms with E-state index in [0.717, 1.165) is 6.42 Å². The average Bonchev–Trinajstić information content (AvgIpc) is 2.81. The van der Waals surface area contributed by atoms with Crippen molar-refractivity contribution in [2.24, 2.45) is 0 Å². The van der Waals surface area contributed by atoms with Crippen LogP contribution in [0.5, 0.6) is 0 Å². The Hall–Kier alpha value is -1.73. The van der Waals surface area contributed by atoms with Crippen LogP contribution >= 0.6 is 0 Å². The Balaban J connectivity index is 2.54. The van der Waals surface area contributed by atoms with Crippen molar-refractivity contribution in [2.45, 2.75) is 31.4 Å². The molecule has 0 bridgehead atoms. The Morgan fingerprint density at radius 2 is 2.05 bits per heavy atom. The highest BCUT2D eigenvalue weighted by Crippen LogP contribution is 2.22. The molecule has 1 heterocycles. The molecule has 6 nitrogen and oxygen atoms in total. The molecule has 1 aromatic heterocycles. The van der Waals surface area contributed by atoms with Crippen LogP contribution in [0.1, 0.15) is 19.2 Å². The zero-order valence-corrected chi connectivity index (χ0v) is 12.3. The van der Waals surface area contributed by atoms with Crippen LogP contribution < -0.4 is 0 Å². The van der Waals surface area contributed by atoms with Crippen LogP contribution in [0.25, 0.3) is 11.4 Å². The number of aromatic nitrogens is 3. The van der Waals surface area contributed by atoms with Gasteiger partial charge in [-0.3, -0.25) is 0 Å². The van der Waals surface area contributed by atoms with Gasteiger partial charge in [0.25, 0.3) is 0 Å². The molecule has 7 heteroatoms. The van der Waals surface area contributed by atoms with Crippen LogP contribution in [0.15, 0.2) is 29.2 Å². The van der Waals surface area contributed by atoms with E-state index in [1.165, 1.54) is 6.26 Å². The molecule has 0 aliphatic heterocycles. The van der Waals surface area contributed by atoms with E-state index in [1.54, 1.807) is 28.8 Å². The minimum absolute atomic E-state index is 0.196. The van der Waals surface area contributed by atoms with Crippen molar-refractivity contribution >= 4 is 9.84 Å². The molecule has 2 rings (SSSR count). The van der Waals surface area contributed by atoms with Crippen LogP contribution in [-0.4, -0.2) is 34.5 Å². The Bertz CT molecular complexity index is 707. The lowest BCUT2D eigenvalue weighted by Crippen LogP contribution is -2.05. The molecule has 0 spiro atoms. The molecule has 108 valence electrons. The average molecular weight is 295 g/mol. The van der Waals surface area contributed by atoms with Gasteiger partial charge in [-0.05, 0) is 18.6 Å². The molecule has 2 aromatic rings. The van der Waals surface area contributed by atoms with E-state index in [9.17, 15) is 13.5 Å². The molecule has 0 fully saturated rings. The van der Waals surface area contributed by atoms with Crippen LogP contribution in [0, 0.1) is 0 Å². The molecule has 0 atom stereocenters. The Morgan fingerprint density at radius 3 is 2.65 bits per heavy atom. The third kappa shape index (κ3) is 2.88. The molecular formula is C13H17N3O3S. The van der Waals surface area contributed by atoms with Crippen molar-refractivity contribution in [3.63, 3.8) is 0 Å². The van der Waals surface area contributed by atoms with Crippen molar-refractivity contribution < 1.29 is 13.5 Å². The first kappa shape index (κ1) is 14.7. The minimum Gasteiger partial charge on any atom is -0.388 e. The number of aliphatic hydroxyl groups excluding tert-OH is 1. The first-order chi connectivity index (χ1) is 9.47. The van der Waals surface area contributed by atoms with Gasteiger partial charge < -0.3 is 9.67 Å². The molecule has 0 unspecified atom stereocenters. The lowest BCUT2D eigenvalue weighted by molar-refractivity contribution is 0.264. The predicted molar refractivity (Wildman–Crippen MR) is 74.8 cm³/mol. The summed E-state index contributed by atoms with van der Waals surface area (Å²) in [5, 5.41) is 17.3. The van der Waals surface area contributed by atoms with Gasteiger partial charge >= 0.3 is 0 Å².